The molecule has 20 heavy (non-hydrogen) atoms. The molecule has 0 saturated heterocycles. The zero-order chi connectivity index (χ0) is 14.7. The van der Waals surface area contributed by atoms with E-state index in [1.54, 1.807) is 13.3 Å². The number of nitrogens with two attached hydrogens (primary N) is 1. The predicted octanol–water partition coefficient (Wildman–Crippen LogP) is 3.76. The average Bonchev–Trinajstić information content (AvgIpc) is 2.77. The van der Waals surface area contributed by atoms with Gasteiger partial charge in [0.2, 0.25) is 0 Å². The largest absolute Gasteiger partial charge is 0.383 e. The quantitative estimate of drug-likeness (QED) is 0.797. The third kappa shape index (κ3) is 3.43. The van der Waals surface area contributed by atoms with Crippen LogP contribution in [0.1, 0.15) is 17.3 Å². The second-order valence-corrected chi connectivity index (χ2v) is 6.38. The molecule has 7 heteroatoms. The van der Waals surface area contributed by atoms with Crippen molar-refractivity contribution in [3.05, 3.63) is 49.6 Å². The predicted molar refractivity (Wildman–Crippen MR) is 87.0 cm³/mol. The number of hydrogen-bond donors (Lipinski definition) is 1. The highest BCUT2D eigenvalue weighted by atomic mass is 79.9. The number of hydrogen-bond acceptors (Lipinski definition) is 3. The Morgan fingerprint density at radius 1 is 1.40 bits per heavy atom. The maximum Gasteiger partial charge on any atom is 0.0745 e. The first kappa shape index (κ1) is 16.0. The van der Waals surface area contributed by atoms with Crippen LogP contribution in [0.3, 0.4) is 0 Å². The zero-order valence-electron chi connectivity index (χ0n) is 10.8. The number of benzene rings is 1. The van der Waals surface area contributed by atoms with E-state index in [4.69, 9.17) is 22.1 Å². The number of methoxy groups -OCH3 is 1. The normalized spacial score (nSPS) is 12.7. The Kier molecular flexibility index (Phi) is 5.63. The van der Waals surface area contributed by atoms with Gasteiger partial charge in [-0.25, -0.2) is 0 Å². The van der Waals surface area contributed by atoms with Gasteiger partial charge >= 0.3 is 0 Å². The second kappa shape index (κ2) is 7.04. The van der Waals surface area contributed by atoms with Crippen LogP contribution in [0.25, 0.3) is 0 Å². The van der Waals surface area contributed by atoms with Gasteiger partial charge in [0, 0.05) is 16.6 Å². The molecule has 0 aliphatic rings. The van der Waals surface area contributed by atoms with Crippen LogP contribution in [0.15, 0.2) is 33.3 Å². The first-order valence-electron chi connectivity index (χ1n) is 5.95. The molecule has 1 heterocycles. The summed E-state index contributed by atoms with van der Waals surface area (Å²) in [6.07, 6.45) is 1.74. The molecule has 1 aromatic carbocycles. The van der Waals surface area contributed by atoms with Crippen molar-refractivity contribution in [3.8, 4) is 0 Å². The number of rotatable bonds is 5. The SMILES string of the molecule is COCCn1ncc(Br)c1C(N)c1ccc(Cl)cc1Br. The van der Waals surface area contributed by atoms with Gasteiger partial charge in [-0.2, -0.15) is 5.10 Å². The summed E-state index contributed by atoms with van der Waals surface area (Å²) >= 11 is 13.0. The smallest absolute Gasteiger partial charge is 0.0745 e. The van der Waals surface area contributed by atoms with Crippen LogP contribution in [0.4, 0.5) is 0 Å². The molecule has 108 valence electrons. The molecule has 1 atom stereocenters. The Morgan fingerprint density at radius 2 is 2.15 bits per heavy atom. The molecule has 1 aromatic heterocycles. The first-order chi connectivity index (χ1) is 9.54. The summed E-state index contributed by atoms with van der Waals surface area (Å²) in [5.74, 6) is 0. The summed E-state index contributed by atoms with van der Waals surface area (Å²) in [6.45, 7) is 1.23. The lowest BCUT2D eigenvalue weighted by molar-refractivity contribution is 0.182. The standard InChI is InChI=1S/C13H14Br2ClN3O/c1-20-5-4-19-13(11(15)7-18-19)12(17)9-3-2-8(16)6-10(9)14/h2-3,6-7,12H,4-5,17H2,1H3. The van der Waals surface area contributed by atoms with Crippen molar-refractivity contribution in [2.45, 2.75) is 12.6 Å². The topological polar surface area (TPSA) is 53.1 Å². The van der Waals surface area contributed by atoms with Gasteiger partial charge in [-0.3, -0.25) is 4.68 Å². The molecular weight excluding hydrogens is 409 g/mol. The fourth-order valence-corrected chi connectivity index (χ4v) is 3.41. The minimum Gasteiger partial charge on any atom is -0.383 e. The number of nitrogens with zero attached hydrogens (tertiary/aromatic N) is 2. The maximum absolute atomic E-state index is 6.38. The molecule has 0 saturated carbocycles. The fourth-order valence-electron chi connectivity index (χ4n) is 1.94. The highest BCUT2D eigenvalue weighted by Gasteiger charge is 2.20. The zero-order valence-corrected chi connectivity index (χ0v) is 14.7. The lowest BCUT2D eigenvalue weighted by Crippen LogP contribution is -2.20. The third-order valence-electron chi connectivity index (χ3n) is 2.93. The van der Waals surface area contributed by atoms with Crippen LogP contribution in [0, 0.1) is 0 Å². The summed E-state index contributed by atoms with van der Waals surface area (Å²) in [5, 5.41) is 4.98. The van der Waals surface area contributed by atoms with E-state index in [1.807, 2.05) is 22.9 Å². The molecule has 0 aliphatic heterocycles. The van der Waals surface area contributed by atoms with Gasteiger partial charge in [-0.1, -0.05) is 33.6 Å². The van der Waals surface area contributed by atoms with E-state index in [1.165, 1.54) is 0 Å². The van der Waals surface area contributed by atoms with E-state index in [9.17, 15) is 0 Å². The van der Waals surface area contributed by atoms with Crippen molar-refractivity contribution in [1.82, 2.24) is 9.78 Å². The summed E-state index contributed by atoms with van der Waals surface area (Å²) in [5.41, 5.74) is 8.24. The van der Waals surface area contributed by atoms with Crippen LogP contribution in [-0.4, -0.2) is 23.5 Å². The minimum atomic E-state index is -0.310. The van der Waals surface area contributed by atoms with Gasteiger partial charge in [0.1, 0.15) is 0 Å². The molecule has 0 aliphatic carbocycles. The molecular formula is C13H14Br2ClN3O. The maximum atomic E-state index is 6.38. The summed E-state index contributed by atoms with van der Waals surface area (Å²) in [4.78, 5) is 0. The van der Waals surface area contributed by atoms with Crippen molar-refractivity contribution in [1.29, 1.82) is 0 Å². The minimum absolute atomic E-state index is 0.310. The Balaban J connectivity index is 2.37. The highest BCUT2D eigenvalue weighted by molar-refractivity contribution is 9.10. The van der Waals surface area contributed by atoms with Gasteiger partial charge < -0.3 is 10.5 Å². The Bertz CT molecular complexity index is 603. The number of aromatic nitrogens is 2. The third-order valence-corrected chi connectivity index (χ3v) is 4.47. The molecule has 1 unspecified atom stereocenters. The van der Waals surface area contributed by atoms with Crippen LogP contribution in [0.2, 0.25) is 5.02 Å². The van der Waals surface area contributed by atoms with E-state index >= 15 is 0 Å². The van der Waals surface area contributed by atoms with Gasteiger partial charge in [-0.15, -0.1) is 0 Å². The Labute approximate surface area is 139 Å². The molecule has 0 bridgehead atoms. The van der Waals surface area contributed by atoms with Crippen molar-refractivity contribution in [3.63, 3.8) is 0 Å². The molecule has 4 nitrogen and oxygen atoms in total. The average molecular weight is 424 g/mol. The van der Waals surface area contributed by atoms with Crippen LogP contribution in [0.5, 0.6) is 0 Å². The Morgan fingerprint density at radius 3 is 2.80 bits per heavy atom. The van der Waals surface area contributed by atoms with Gasteiger partial charge in [-0.05, 0) is 33.6 Å². The van der Waals surface area contributed by atoms with Gasteiger partial charge in [0.05, 0.1) is 35.6 Å². The lowest BCUT2D eigenvalue weighted by Gasteiger charge is -2.17. The fraction of sp³-hybridized carbons (Fsp3) is 0.308. The number of halogens is 3. The van der Waals surface area contributed by atoms with Crippen LogP contribution >= 0.6 is 43.5 Å². The first-order valence-corrected chi connectivity index (χ1v) is 7.91. The molecule has 0 fully saturated rings. The summed E-state index contributed by atoms with van der Waals surface area (Å²) in [6, 6.07) is 5.26. The highest BCUT2D eigenvalue weighted by Crippen LogP contribution is 2.32. The summed E-state index contributed by atoms with van der Waals surface area (Å²) < 4.78 is 8.69. The van der Waals surface area contributed by atoms with E-state index in [0.29, 0.717) is 18.2 Å². The molecule has 2 N–H and O–H groups in total. The molecule has 0 radical (unpaired) electrons. The molecule has 0 amide bonds. The monoisotopic (exact) mass is 421 g/mol. The van der Waals surface area contributed by atoms with Gasteiger partial charge in [0.15, 0.2) is 0 Å². The van der Waals surface area contributed by atoms with Crippen molar-refractivity contribution in [2.24, 2.45) is 5.73 Å². The van der Waals surface area contributed by atoms with E-state index in [2.05, 4.69) is 37.0 Å². The van der Waals surface area contributed by atoms with Crippen LogP contribution in [-0.2, 0) is 11.3 Å². The molecule has 2 rings (SSSR count). The lowest BCUT2D eigenvalue weighted by atomic mass is 10.0. The van der Waals surface area contributed by atoms with Gasteiger partial charge in [0.25, 0.3) is 0 Å². The Hall–Kier alpha value is -0.400. The van der Waals surface area contributed by atoms with E-state index in [-0.39, 0.29) is 6.04 Å². The molecule has 0 spiro atoms. The van der Waals surface area contributed by atoms with Crippen molar-refractivity contribution >= 4 is 43.5 Å². The van der Waals surface area contributed by atoms with Crippen molar-refractivity contribution in [2.75, 3.05) is 13.7 Å². The van der Waals surface area contributed by atoms with Crippen LogP contribution < -0.4 is 5.73 Å². The molecule has 2 aromatic rings. The van der Waals surface area contributed by atoms with Crippen molar-refractivity contribution < 1.29 is 4.74 Å². The second-order valence-electron chi connectivity index (χ2n) is 4.24. The van der Waals surface area contributed by atoms with E-state index < -0.39 is 0 Å². The van der Waals surface area contributed by atoms with E-state index in [0.717, 1.165) is 20.2 Å². The number of ether oxygens (including phenoxy) is 1. The summed E-state index contributed by atoms with van der Waals surface area (Å²) in [7, 11) is 1.66.